The maximum absolute atomic E-state index is 2.66. The molecule has 16 heavy (non-hydrogen) atoms. The largest absolute Gasteiger partial charge is 0.298 e. The van der Waals surface area contributed by atoms with Gasteiger partial charge in [-0.15, -0.1) is 0 Å². The van der Waals surface area contributed by atoms with Crippen molar-refractivity contribution < 1.29 is 0 Å². The van der Waals surface area contributed by atoms with E-state index in [1.807, 2.05) is 0 Å². The van der Waals surface area contributed by atoms with Crippen molar-refractivity contribution in [1.29, 1.82) is 0 Å². The minimum absolute atomic E-state index is 0.623. The molecule has 1 aliphatic heterocycles. The number of piperidine rings is 1. The normalized spacial score (nSPS) is 34.2. The van der Waals surface area contributed by atoms with E-state index in [9.17, 15) is 0 Å². The Labute approximate surface area is 98.5 Å². The first-order chi connectivity index (χ1) is 7.73. The maximum Gasteiger partial charge on any atom is 0.0234 e. The smallest absolute Gasteiger partial charge is 0.0234 e. The number of likely N-dealkylation sites (tertiary alicyclic amines) is 1. The molecule has 1 aromatic carbocycles. The van der Waals surface area contributed by atoms with Crippen molar-refractivity contribution in [2.45, 2.75) is 32.7 Å². The number of nitrogens with zero attached hydrogens (tertiary/aromatic N) is 1. The van der Waals surface area contributed by atoms with Crippen molar-refractivity contribution in [3.8, 4) is 0 Å². The van der Waals surface area contributed by atoms with Crippen LogP contribution in [0.3, 0.4) is 0 Å². The van der Waals surface area contributed by atoms with Gasteiger partial charge in [0.1, 0.15) is 0 Å². The van der Waals surface area contributed by atoms with Gasteiger partial charge >= 0.3 is 0 Å². The molecule has 1 nitrogen and oxygen atoms in total. The molecule has 0 amide bonds. The van der Waals surface area contributed by atoms with E-state index < -0.39 is 0 Å². The lowest BCUT2D eigenvalue weighted by Gasteiger charge is -2.38. The Bertz CT molecular complexity index is 359. The van der Waals surface area contributed by atoms with Crippen LogP contribution in [0.2, 0.25) is 0 Å². The van der Waals surface area contributed by atoms with E-state index in [0.717, 1.165) is 12.5 Å². The minimum atomic E-state index is 0.623. The van der Waals surface area contributed by atoms with Gasteiger partial charge in [0, 0.05) is 19.6 Å². The van der Waals surface area contributed by atoms with Gasteiger partial charge in [-0.3, -0.25) is 4.90 Å². The van der Waals surface area contributed by atoms with E-state index in [1.54, 1.807) is 0 Å². The topological polar surface area (TPSA) is 3.24 Å². The summed E-state index contributed by atoms with van der Waals surface area (Å²) >= 11 is 0. The first-order valence-electron chi connectivity index (χ1n) is 6.50. The summed E-state index contributed by atoms with van der Waals surface area (Å²) < 4.78 is 0. The highest BCUT2D eigenvalue weighted by Gasteiger charge is 2.41. The molecule has 0 radical (unpaired) electrons. The van der Waals surface area contributed by atoms with Crippen LogP contribution in [0.1, 0.15) is 31.7 Å². The fraction of sp³-hybridized carbons (Fsp3) is 0.600. The van der Waals surface area contributed by atoms with Crippen LogP contribution in [0.15, 0.2) is 30.3 Å². The average Bonchev–Trinajstić information content (AvgIpc) is 2.54. The molecule has 2 atom stereocenters. The molecule has 1 saturated heterocycles. The first kappa shape index (κ1) is 10.3. The molecule has 0 spiro atoms. The van der Waals surface area contributed by atoms with Gasteiger partial charge in [0.05, 0.1) is 0 Å². The van der Waals surface area contributed by atoms with Gasteiger partial charge in [-0.05, 0) is 36.2 Å². The molecule has 1 heterocycles. The van der Waals surface area contributed by atoms with Crippen LogP contribution in [-0.2, 0) is 6.54 Å². The fourth-order valence-electron chi connectivity index (χ4n) is 3.68. The third kappa shape index (κ3) is 2.01. The SMILES string of the molecule is C[C@@]12CC[C@H](CN(Cc3ccccc3)C1)C2. The number of benzene rings is 1. The standard InChI is InChI=1S/C15H21N/c1-15-8-7-14(9-15)11-16(12-15)10-13-5-3-2-4-6-13/h2-6,14H,7-12H2,1H3/t14-,15-/m0/s1. The maximum atomic E-state index is 2.66. The zero-order chi connectivity index (χ0) is 11.0. The van der Waals surface area contributed by atoms with E-state index in [-0.39, 0.29) is 0 Å². The summed E-state index contributed by atoms with van der Waals surface area (Å²) in [5.41, 5.74) is 2.09. The quantitative estimate of drug-likeness (QED) is 0.731. The zero-order valence-electron chi connectivity index (χ0n) is 10.2. The lowest BCUT2D eigenvalue weighted by Crippen LogP contribution is -2.40. The van der Waals surface area contributed by atoms with Crippen molar-refractivity contribution in [1.82, 2.24) is 4.90 Å². The second-order valence-corrected chi connectivity index (χ2v) is 6.07. The molecule has 0 unspecified atom stereocenters. The van der Waals surface area contributed by atoms with Gasteiger partial charge < -0.3 is 0 Å². The second-order valence-electron chi connectivity index (χ2n) is 6.07. The number of hydrogen-bond donors (Lipinski definition) is 0. The summed E-state index contributed by atoms with van der Waals surface area (Å²) in [4.78, 5) is 2.66. The van der Waals surface area contributed by atoms with Crippen molar-refractivity contribution in [2.24, 2.45) is 11.3 Å². The molecule has 86 valence electrons. The molecule has 1 aliphatic carbocycles. The highest BCUT2D eigenvalue weighted by molar-refractivity contribution is 5.14. The first-order valence-corrected chi connectivity index (χ1v) is 6.50. The highest BCUT2D eigenvalue weighted by atomic mass is 15.1. The van der Waals surface area contributed by atoms with Crippen LogP contribution in [0.25, 0.3) is 0 Å². The molecule has 1 heteroatoms. The number of fused-ring (bicyclic) bond motifs is 2. The predicted molar refractivity (Wildman–Crippen MR) is 67.2 cm³/mol. The summed E-state index contributed by atoms with van der Waals surface area (Å²) in [6.45, 7) is 6.25. The lowest BCUT2D eigenvalue weighted by molar-refractivity contribution is 0.104. The van der Waals surface area contributed by atoms with Crippen LogP contribution in [0, 0.1) is 11.3 Å². The van der Waals surface area contributed by atoms with Crippen molar-refractivity contribution in [3.63, 3.8) is 0 Å². The van der Waals surface area contributed by atoms with Crippen LogP contribution < -0.4 is 0 Å². The van der Waals surface area contributed by atoms with E-state index in [4.69, 9.17) is 0 Å². The molecule has 3 rings (SSSR count). The van der Waals surface area contributed by atoms with Crippen molar-refractivity contribution in [3.05, 3.63) is 35.9 Å². The Balaban J connectivity index is 1.69. The third-order valence-corrected chi connectivity index (χ3v) is 4.31. The van der Waals surface area contributed by atoms with Crippen LogP contribution >= 0.6 is 0 Å². The summed E-state index contributed by atoms with van der Waals surface area (Å²) in [5, 5.41) is 0. The Morgan fingerprint density at radius 1 is 1.31 bits per heavy atom. The van der Waals surface area contributed by atoms with E-state index in [0.29, 0.717) is 5.41 Å². The third-order valence-electron chi connectivity index (χ3n) is 4.31. The number of rotatable bonds is 2. The average molecular weight is 215 g/mol. The molecule has 0 N–H and O–H groups in total. The molecule has 1 saturated carbocycles. The van der Waals surface area contributed by atoms with Gasteiger partial charge in [-0.25, -0.2) is 0 Å². The van der Waals surface area contributed by atoms with Crippen molar-refractivity contribution >= 4 is 0 Å². The summed E-state index contributed by atoms with van der Waals surface area (Å²) in [6, 6.07) is 10.9. The Hall–Kier alpha value is -0.820. The molecule has 0 aromatic heterocycles. The van der Waals surface area contributed by atoms with Gasteiger partial charge in [0.2, 0.25) is 0 Å². The zero-order valence-corrected chi connectivity index (χ0v) is 10.2. The molecular weight excluding hydrogens is 194 g/mol. The molecule has 2 aliphatic rings. The van der Waals surface area contributed by atoms with E-state index in [1.165, 1.54) is 37.9 Å². The second kappa shape index (κ2) is 3.89. The van der Waals surface area contributed by atoms with Gasteiger partial charge in [-0.1, -0.05) is 37.3 Å². The summed E-state index contributed by atoms with van der Waals surface area (Å²) in [5.74, 6) is 0.975. The Kier molecular flexibility index (Phi) is 2.51. The van der Waals surface area contributed by atoms with Crippen molar-refractivity contribution in [2.75, 3.05) is 13.1 Å². The minimum Gasteiger partial charge on any atom is -0.298 e. The molecule has 2 bridgehead atoms. The van der Waals surface area contributed by atoms with Crippen LogP contribution in [0.4, 0.5) is 0 Å². The number of hydrogen-bond acceptors (Lipinski definition) is 1. The predicted octanol–water partition coefficient (Wildman–Crippen LogP) is 3.31. The fourth-order valence-corrected chi connectivity index (χ4v) is 3.68. The van der Waals surface area contributed by atoms with Crippen LogP contribution in [0.5, 0.6) is 0 Å². The Morgan fingerprint density at radius 2 is 2.12 bits per heavy atom. The van der Waals surface area contributed by atoms with Gasteiger partial charge in [0.25, 0.3) is 0 Å². The summed E-state index contributed by atoms with van der Waals surface area (Å²) in [7, 11) is 0. The molecule has 2 fully saturated rings. The molecule has 1 aromatic rings. The van der Waals surface area contributed by atoms with Gasteiger partial charge in [0.15, 0.2) is 0 Å². The highest BCUT2D eigenvalue weighted by Crippen LogP contribution is 2.46. The van der Waals surface area contributed by atoms with E-state index >= 15 is 0 Å². The Morgan fingerprint density at radius 3 is 2.88 bits per heavy atom. The lowest BCUT2D eigenvalue weighted by atomic mass is 9.84. The monoisotopic (exact) mass is 215 g/mol. The summed E-state index contributed by atoms with van der Waals surface area (Å²) in [6.07, 6.45) is 4.38. The van der Waals surface area contributed by atoms with Gasteiger partial charge in [-0.2, -0.15) is 0 Å². The van der Waals surface area contributed by atoms with Crippen LogP contribution in [-0.4, -0.2) is 18.0 Å². The molecular formula is C15H21N. The van der Waals surface area contributed by atoms with E-state index in [2.05, 4.69) is 42.2 Å².